The summed E-state index contributed by atoms with van der Waals surface area (Å²) < 4.78 is 7.94. The van der Waals surface area contributed by atoms with Crippen LogP contribution in [0.25, 0.3) is 0 Å². The molecule has 1 fully saturated rings. The SMILES string of the molecule is CCNC1COCC1c1nnc2n1CCC(C)C2. The molecule has 2 aliphatic heterocycles. The standard InChI is InChI=1S/C13H22N4O/c1-3-14-11-8-18-7-10(11)13-16-15-12-6-9(2)4-5-17(12)13/h9-11,14H,3-8H2,1-2H3. The molecule has 18 heavy (non-hydrogen) atoms. The van der Waals surface area contributed by atoms with Crippen LogP contribution in [0.15, 0.2) is 0 Å². The zero-order valence-electron chi connectivity index (χ0n) is 11.2. The summed E-state index contributed by atoms with van der Waals surface area (Å²) in [4.78, 5) is 0. The van der Waals surface area contributed by atoms with Crippen LogP contribution in [0.5, 0.6) is 0 Å². The van der Waals surface area contributed by atoms with Gasteiger partial charge in [0.05, 0.1) is 19.1 Å². The fourth-order valence-corrected chi connectivity index (χ4v) is 3.05. The summed E-state index contributed by atoms with van der Waals surface area (Å²) in [5.74, 6) is 3.38. The zero-order valence-corrected chi connectivity index (χ0v) is 11.2. The molecular weight excluding hydrogens is 228 g/mol. The van der Waals surface area contributed by atoms with Gasteiger partial charge in [-0.2, -0.15) is 0 Å². The number of hydrogen-bond acceptors (Lipinski definition) is 4. The van der Waals surface area contributed by atoms with Gasteiger partial charge in [0.1, 0.15) is 11.6 Å². The average Bonchev–Trinajstić information content (AvgIpc) is 2.95. The second kappa shape index (κ2) is 4.97. The first-order chi connectivity index (χ1) is 8.79. The van der Waals surface area contributed by atoms with Gasteiger partial charge in [0, 0.05) is 19.0 Å². The van der Waals surface area contributed by atoms with Gasteiger partial charge < -0.3 is 14.6 Å². The van der Waals surface area contributed by atoms with Crippen molar-refractivity contribution < 1.29 is 4.74 Å². The summed E-state index contributed by atoms with van der Waals surface area (Å²) in [5, 5.41) is 12.3. The average molecular weight is 250 g/mol. The molecule has 5 heteroatoms. The highest BCUT2D eigenvalue weighted by molar-refractivity contribution is 5.10. The van der Waals surface area contributed by atoms with Crippen LogP contribution in [-0.2, 0) is 17.7 Å². The Labute approximate surface area is 108 Å². The summed E-state index contributed by atoms with van der Waals surface area (Å²) in [6.07, 6.45) is 2.30. The third-order valence-electron chi connectivity index (χ3n) is 4.11. The van der Waals surface area contributed by atoms with Crippen LogP contribution in [0.2, 0.25) is 0 Å². The first-order valence-electron chi connectivity index (χ1n) is 7.02. The Morgan fingerprint density at radius 1 is 1.39 bits per heavy atom. The van der Waals surface area contributed by atoms with E-state index in [1.807, 2.05) is 0 Å². The van der Waals surface area contributed by atoms with E-state index in [2.05, 4.69) is 33.9 Å². The van der Waals surface area contributed by atoms with E-state index in [1.54, 1.807) is 0 Å². The molecule has 1 aromatic rings. The normalized spacial score (nSPS) is 31.6. The van der Waals surface area contributed by atoms with E-state index in [-0.39, 0.29) is 0 Å². The highest BCUT2D eigenvalue weighted by Gasteiger charge is 2.34. The van der Waals surface area contributed by atoms with Crippen molar-refractivity contribution in [3.8, 4) is 0 Å². The molecule has 0 aromatic carbocycles. The molecular formula is C13H22N4O. The topological polar surface area (TPSA) is 52.0 Å². The van der Waals surface area contributed by atoms with Gasteiger partial charge in [0.2, 0.25) is 0 Å². The Kier molecular flexibility index (Phi) is 3.35. The van der Waals surface area contributed by atoms with Crippen LogP contribution in [0.1, 0.15) is 37.8 Å². The zero-order chi connectivity index (χ0) is 12.5. The molecule has 0 amide bonds. The number of aromatic nitrogens is 3. The minimum Gasteiger partial charge on any atom is -0.379 e. The maximum Gasteiger partial charge on any atom is 0.140 e. The molecule has 1 saturated heterocycles. The summed E-state index contributed by atoms with van der Waals surface area (Å²) in [6, 6.07) is 0.391. The number of nitrogens with zero attached hydrogens (tertiary/aromatic N) is 3. The van der Waals surface area contributed by atoms with Crippen molar-refractivity contribution in [3.05, 3.63) is 11.6 Å². The van der Waals surface area contributed by atoms with Gasteiger partial charge in [-0.3, -0.25) is 0 Å². The van der Waals surface area contributed by atoms with Crippen molar-refractivity contribution in [1.82, 2.24) is 20.1 Å². The fraction of sp³-hybridized carbons (Fsp3) is 0.846. The maximum atomic E-state index is 5.61. The molecule has 0 radical (unpaired) electrons. The molecule has 5 nitrogen and oxygen atoms in total. The monoisotopic (exact) mass is 250 g/mol. The first-order valence-corrected chi connectivity index (χ1v) is 7.02. The molecule has 0 aliphatic carbocycles. The molecule has 0 bridgehead atoms. The predicted octanol–water partition coefficient (Wildman–Crippen LogP) is 0.952. The van der Waals surface area contributed by atoms with Crippen LogP contribution in [0.4, 0.5) is 0 Å². The second-order valence-corrected chi connectivity index (χ2v) is 5.53. The summed E-state index contributed by atoms with van der Waals surface area (Å²) in [7, 11) is 0. The van der Waals surface area contributed by atoms with Crippen LogP contribution < -0.4 is 5.32 Å². The number of fused-ring (bicyclic) bond motifs is 1. The van der Waals surface area contributed by atoms with Crippen molar-refractivity contribution in [2.75, 3.05) is 19.8 Å². The largest absolute Gasteiger partial charge is 0.379 e. The number of likely N-dealkylation sites (N-methyl/N-ethyl adjacent to an activating group) is 1. The maximum absolute atomic E-state index is 5.61. The third kappa shape index (κ3) is 2.06. The quantitative estimate of drug-likeness (QED) is 0.868. The van der Waals surface area contributed by atoms with Gasteiger partial charge in [-0.15, -0.1) is 10.2 Å². The molecule has 0 saturated carbocycles. The lowest BCUT2D eigenvalue weighted by Gasteiger charge is -2.23. The van der Waals surface area contributed by atoms with Crippen molar-refractivity contribution in [2.24, 2.45) is 5.92 Å². The lowest BCUT2D eigenvalue weighted by Crippen LogP contribution is -2.35. The fourth-order valence-electron chi connectivity index (χ4n) is 3.05. The van der Waals surface area contributed by atoms with Crippen molar-refractivity contribution in [1.29, 1.82) is 0 Å². The van der Waals surface area contributed by atoms with Gasteiger partial charge in [-0.25, -0.2) is 0 Å². The Morgan fingerprint density at radius 2 is 2.28 bits per heavy atom. The van der Waals surface area contributed by atoms with Gasteiger partial charge in [-0.05, 0) is 18.9 Å². The highest BCUT2D eigenvalue weighted by Crippen LogP contribution is 2.28. The summed E-state index contributed by atoms with van der Waals surface area (Å²) in [6.45, 7) is 8.02. The predicted molar refractivity (Wildman–Crippen MR) is 68.5 cm³/mol. The first kappa shape index (κ1) is 12.1. The molecule has 3 rings (SSSR count). The Balaban J connectivity index is 1.84. The molecule has 1 aromatic heterocycles. The van der Waals surface area contributed by atoms with Gasteiger partial charge in [-0.1, -0.05) is 13.8 Å². The Bertz CT molecular complexity index is 417. The van der Waals surface area contributed by atoms with Crippen LogP contribution >= 0.6 is 0 Å². The van der Waals surface area contributed by atoms with Crippen molar-refractivity contribution in [3.63, 3.8) is 0 Å². The number of rotatable bonds is 3. The van der Waals surface area contributed by atoms with Crippen LogP contribution in [-0.4, -0.2) is 40.6 Å². The molecule has 3 unspecified atom stereocenters. The molecule has 3 atom stereocenters. The van der Waals surface area contributed by atoms with Gasteiger partial charge in [0.15, 0.2) is 0 Å². The smallest absolute Gasteiger partial charge is 0.140 e. The Hall–Kier alpha value is -0.940. The van der Waals surface area contributed by atoms with Crippen LogP contribution in [0.3, 0.4) is 0 Å². The van der Waals surface area contributed by atoms with E-state index in [4.69, 9.17) is 4.74 Å². The molecule has 3 heterocycles. The van der Waals surface area contributed by atoms with E-state index >= 15 is 0 Å². The van der Waals surface area contributed by atoms with Gasteiger partial charge in [0.25, 0.3) is 0 Å². The van der Waals surface area contributed by atoms with E-state index in [9.17, 15) is 0 Å². The summed E-state index contributed by atoms with van der Waals surface area (Å²) in [5.41, 5.74) is 0. The number of hydrogen-bond donors (Lipinski definition) is 1. The number of ether oxygens (including phenoxy) is 1. The van der Waals surface area contributed by atoms with Crippen molar-refractivity contribution in [2.45, 2.75) is 45.2 Å². The van der Waals surface area contributed by atoms with Crippen LogP contribution in [0, 0.1) is 5.92 Å². The Morgan fingerprint density at radius 3 is 3.11 bits per heavy atom. The minimum absolute atomic E-state index is 0.361. The lowest BCUT2D eigenvalue weighted by atomic mass is 9.98. The third-order valence-corrected chi connectivity index (χ3v) is 4.11. The molecule has 100 valence electrons. The molecule has 0 spiro atoms. The van der Waals surface area contributed by atoms with Crippen molar-refractivity contribution >= 4 is 0 Å². The van der Waals surface area contributed by atoms with E-state index in [1.165, 1.54) is 6.42 Å². The highest BCUT2D eigenvalue weighted by atomic mass is 16.5. The number of nitrogens with one attached hydrogen (secondary N) is 1. The molecule has 1 N–H and O–H groups in total. The lowest BCUT2D eigenvalue weighted by molar-refractivity contribution is 0.187. The van der Waals surface area contributed by atoms with E-state index in [0.717, 1.165) is 50.3 Å². The second-order valence-electron chi connectivity index (χ2n) is 5.53. The molecule has 2 aliphatic rings. The summed E-state index contributed by atoms with van der Waals surface area (Å²) >= 11 is 0. The van der Waals surface area contributed by atoms with E-state index < -0.39 is 0 Å². The minimum atomic E-state index is 0.361. The van der Waals surface area contributed by atoms with E-state index in [0.29, 0.717) is 12.0 Å². The van der Waals surface area contributed by atoms with Gasteiger partial charge >= 0.3 is 0 Å².